The summed E-state index contributed by atoms with van der Waals surface area (Å²) in [6, 6.07) is 17.9. The second kappa shape index (κ2) is 5.70. The van der Waals surface area contributed by atoms with E-state index in [0.717, 1.165) is 11.1 Å². The maximum atomic E-state index is 9.71. The van der Waals surface area contributed by atoms with Crippen LogP contribution < -0.4 is 0 Å². The SMILES string of the molecule is N#CC1(C#N)[C@@H]2CC=C(c3ccccc3)C=C[C@H](C2)C1(C#N)C#N. The summed E-state index contributed by atoms with van der Waals surface area (Å²) in [5.74, 6) is -0.760. The number of hydrogen-bond acceptors (Lipinski definition) is 4. The Balaban J connectivity index is 2.15. The molecule has 1 fully saturated rings. The summed E-state index contributed by atoms with van der Waals surface area (Å²) in [5, 5.41) is 38.8. The van der Waals surface area contributed by atoms with Gasteiger partial charge in [0.2, 0.25) is 0 Å². The third kappa shape index (κ3) is 1.88. The molecule has 0 saturated heterocycles. The summed E-state index contributed by atoms with van der Waals surface area (Å²) in [5.41, 5.74) is -1.21. The summed E-state index contributed by atoms with van der Waals surface area (Å²) in [4.78, 5) is 0. The third-order valence-electron chi connectivity index (χ3n) is 5.27. The van der Waals surface area contributed by atoms with E-state index in [2.05, 4.69) is 0 Å². The zero-order chi connectivity index (χ0) is 17.2. The first-order valence-electron chi connectivity index (χ1n) is 7.76. The summed E-state index contributed by atoms with van der Waals surface area (Å²) in [6.45, 7) is 0. The molecular formula is C20H14N4. The molecule has 114 valence electrons. The maximum Gasteiger partial charge on any atom is 0.181 e. The topological polar surface area (TPSA) is 95.2 Å². The van der Waals surface area contributed by atoms with Gasteiger partial charge in [-0.15, -0.1) is 0 Å². The lowest BCUT2D eigenvalue weighted by molar-refractivity contribution is 0.266. The fourth-order valence-electron chi connectivity index (χ4n) is 3.92. The molecule has 0 spiro atoms. The Labute approximate surface area is 141 Å². The maximum absolute atomic E-state index is 9.71. The van der Waals surface area contributed by atoms with Gasteiger partial charge >= 0.3 is 0 Å². The molecule has 0 N–H and O–H groups in total. The summed E-state index contributed by atoms with van der Waals surface area (Å²) < 4.78 is 0. The summed E-state index contributed by atoms with van der Waals surface area (Å²) >= 11 is 0. The van der Waals surface area contributed by atoms with Crippen LogP contribution in [0.4, 0.5) is 0 Å². The van der Waals surface area contributed by atoms with E-state index in [1.54, 1.807) is 0 Å². The Morgan fingerprint density at radius 3 is 2.08 bits per heavy atom. The second-order valence-electron chi connectivity index (χ2n) is 6.22. The average molecular weight is 310 g/mol. The number of hydrogen-bond donors (Lipinski definition) is 0. The number of fused-ring (bicyclic) bond motifs is 2. The highest BCUT2D eigenvalue weighted by Gasteiger charge is 2.67. The van der Waals surface area contributed by atoms with Gasteiger partial charge in [0.05, 0.1) is 24.3 Å². The zero-order valence-electron chi connectivity index (χ0n) is 13.0. The third-order valence-corrected chi connectivity index (χ3v) is 5.27. The van der Waals surface area contributed by atoms with Gasteiger partial charge in [-0.25, -0.2) is 0 Å². The molecule has 0 heterocycles. The molecule has 2 atom stereocenters. The molecule has 1 aromatic rings. The Morgan fingerprint density at radius 2 is 1.50 bits per heavy atom. The zero-order valence-corrected chi connectivity index (χ0v) is 13.0. The van der Waals surface area contributed by atoms with E-state index in [-0.39, 0.29) is 5.92 Å². The van der Waals surface area contributed by atoms with Crippen molar-refractivity contribution in [3.05, 3.63) is 54.1 Å². The molecule has 0 amide bonds. The van der Waals surface area contributed by atoms with E-state index in [9.17, 15) is 21.0 Å². The molecular weight excluding hydrogens is 296 g/mol. The predicted molar refractivity (Wildman–Crippen MR) is 87.1 cm³/mol. The van der Waals surface area contributed by atoms with Crippen molar-refractivity contribution in [2.24, 2.45) is 22.7 Å². The van der Waals surface area contributed by atoms with Gasteiger partial charge in [-0.1, -0.05) is 48.6 Å². The van der Waals surface area contributed by atoms with E-state index in [4.69, 9.17) is 0 Å². The molecule has 2 aliphatic carbocycles. The van der Waals surface area contributed by atoms with Crippen LogP contribution in [-0.4, -0.2) is 0 Å². The quantitative estimate of drug-likeness (QED) is 0.789. The van der Waals surface area contributed by atoms with Crippen molar-refractivity contribution in [2.75, 3.05) is 0 Å². The van der Waals surface area contributed by atoms with Gasteiger partial charge in [0.15, 0.2) is 10.8 Å². The van der Waals surface area contributed by atoms with E-state index in [1.807, 2.05) is 72.8 Å². The number of allylic oxidation sites excluding steroid dienone is 4. The molecule has 0 aromatic heterocycles. The van der Waals surface area contributed by atoms with Crippen LogP contribution in [0.2, 0.25) is 0 Å². The van der Waals surface area contributed by atoms with Gasteiger partial charge < -0.3 is 0 Å². The molecule has 2 aliphatic rings. The molecule has 1 aromatic carbocycles. The Kier molecular flexibility index (Phi) is 3.69. The first-order chi connectivity index (χ1) is 11.7. The summed E-state index contributed by atoms with van der Waals surface area (Å²) in [6.07, 6.45) is 6.73. The lowest BCUT2D eigenvalue weighted by Crippen LogP contribution is -2.40. The lowest BCUT2D eigenvalue weighted by atomic mass is 9.62. The van der Waals surface area contributed by atoms with Crippen molar-refractivity contribution in [3.8, 4) is 24.3 Å². The second-order valence-corrected chi connectivity index (χ2v) is 6.22. The average Bonchev–Trinajstić information content (AvgIpc) is 2.91. The van der Waals surface area contributed by atoms with Crippen LogP contribution in [0.1, 0.15) is 18.4 Å². The molecule has 3 rings (SSSR count). The van der Waals surface area contributed by atoms with Crippen molar-refractivity contribution in [2.45, 2.75) is 12.8 Å². The van der Waals surface area contributed by atoms with Gasteiger partial charge in [0.1, 0.15) is 0 Å². The molecule has 24 heavy (non-hydrogen) atoms. The van der Waals surface area contributed by atoms with E-state index < -0.39 is 16.7 Å². The first-order valence-corrected chi connectivity index (χ1v) is 7.76. The van der Waals surface area contributed by atoms with E-state index >= 15 is 0 Å². The Morgan fingerprint density at radius 1 is 0.875 bits per heavy atom. The van der Waals surface area contributed by atoms with Crippen LogP contribution in [0.25, 0.3) is 5.57 Å². The van der Waals surface area contributed by atoms with Gasteiger partial charge in [0, 0.05) is 5.92 Å². The number of nitriles is 4. The Hall–Kier alpha value is -3.34. The summed E-state index contributed by atoms with van der Waals surface area (Å²) in [7, 11) is 0. The van der Waals surface area contributed by atoms with Crippen LogP contribution in [0, 0.1) is 68.0 Å². The fraction of sp³-hybridized carbons (Fsp3) is 0.300. The van der Waals surface area contributed by atoms with Crippen LogP contribution >= 0.6 is 0 Å². The first kappa shape index (κ1) is 15.6. The van der Waals surface area contributed by atoms with Crippen LogP contribution in [0.15, 0.2) is 48.6 Å². The molecule has 2 bridgehead atoms. The lowest BCUT2D eigenvalue weighted by Gasteiger charge is -2.29. The smallest absolute Gasteiger partial charge is 0.181 e. The van der Waals surface area contributed by atoms with Crippen LogP contribution in [-0.2, 0) is 0 Å². The minimum atomic E-state index is -1.63. The van der Waals surface area contributed by atoms with Crippen molar-refractivity contribution in [1.29, 1.82) is 21.0 Å². The molecule has 0 radical (unpaired) electrons. The minimum absolute atomic E-state index is 0.333. The van der Waals surface area contributed by atoms with Crippen molar-refractivity contribution in [1.82, 2.24) is 0 Å². The fourth-order valence-corrected chi connectivity index (χ4v) is 3.92. The highest BCUT2D eigenvalue weighted by Crippen LogP contribution is 2.60. The highest BCUT2D eigenvalue weighted by molar-refractivity contribution is 5.74. The van der Waals surface area contributed by atoms with Crippen molar-refractivity contribution in [3.63, 3.8) is 0 Å². The monoisotopic (exact) mass is 310 g/mol. The van der Waals surface area contributed by atoms with Gasteiger partial charge in [-0.05, 0) is 29.9 Å². The number of rotatable bonds is 1. The van der Waals surface area contributed by atoms with Crippen molar-refractivity contribution >= 4 is 5.57 Å². The normalized spacial score (nSPS) is 25.8. The molecule has 1 saturated carbocycles. The molecule has 0 aliphatic heterocycles. The standard InChI is InChI=1S/C20H14N4/c21-11-19(12-22)17-8-6-16(15-4-2-1-3-5-15)7-9-18(10-17)20(19,13-23)14-24/h1-8,17-18H,9-10H2/t17-,18-/m1/s1. The number of benzene rings is 1. The molecule has 4 nitrogen and oxygen atoms in total. The van der Waals surface area contributed by atoms with Gasteiger partial charge in [0.25, 0.3) is 0 Å². The Bertz CT molecular complexity index is 853. The van der Waals surface area contributed by atoms with Gasteiger partial charge in [-0.2, -0.15) is 21.0 Å². The highest BCUT2D eigenvalue weighted by atomic mass is 14.7. The predicted octanol–water partition coefficient (Wildman–Crippen LogP) is 3.73. The minimum Gasteiger partial charge on any atom is -0.196 e. The van der Waals surface area contributed by atoms with Crippen molar-refractivity contribution < 1.29 is 0 Å². The molecule has 0 unspecified atom stereocenters. The van der Waals surface area contributed by atoms with Crippen LogP contribution in [0.3, 0.4) is 0 Å². The van der Waals surface area contributed by atoms with E-state index in [1.165, 1.54) is 0 Å². The largest absolute Gasteiger partial charge is 0.196 e. The van der Waals surface area contributed by atoms with E-state index in [0.29, 0.717) is 12.8 Å². The van der Waals surface area contributed by atoms with Crippen LogP contribution in [0.5, 0.6) is 0 Å². The number of nitrogens with zero attached hydrogens (tertiary/aromatic N) is 4. The van der Waals surface area contributed by atoms with Gasteiger partial charge in [-0.3, -0.25) is 0 Å². The molecule has 4 heteroatoms.